The van der Waals surface area contributed by atoms with E-state index in [4.69, 9.17) is 32.7 Å². The molecule has 0 saturated carbocycles. The van der Waals surface area contributed by atoms with Crippen molar-refractivity contribution in [2.45, 2.75) is 0 Å². The van der Waals surface area contributed by atoms with Crippen LogP contribution in [0.2, 0.25) is 10.0 Å². The van der Waals surface area contributed by atoms with Crippen molar-refractivity contribution in [3.63, 3.8) is 0 Å². The van der Waals surface area contributed by atoms with Gasteiger partial charge in [0.15, 0.2) is 18.1 Å². The van der Waals surface area contributed by atoms with Crippen molar-refractivity contribution in [1.82, 2.24) is 0 Å². The number of esters is 1. The van der Waals surface area contributed by atoms with Crippen molar-refractivity contribution < 1.29 is 23.8 Å². The Morgan fingerprint density at radius 1 is 1.00 bits per heavy atom. The van der Waals surface area contributed by atoms with Crippen molar-refractivity contribution in [2.24, 2.45) is 0 Å². The lowest BCUT2D eigenvalue weighted by Gasteiger charge is -2.12. The quantitative estimate of drug-likeness (QED) is 0.767. The van der Waals surface area contributed by atoms with Gasteiger partial charge in [0.05, 0.1) is 24.3 Å². The minimum atomic E-state index is -0.548. The van der Waals surface area contributed by atoms with E-state index in [1.165, 1.54) is 20.3 Å². The van der Waals surface area contributed by atoms with Crippen LogP contribution in [0.15, 0.2) is 36.4 Å². The molecule has 0 aromatic heterocycles. The molecule has 0 aliphatic rings. The summed E-state index contributed by atoms with van der Waals surface area (Å²) in [6.07, 6.45) is 0. The van der Waals surface area contributed by atoms with Crippen molar-refractivity contribution in [3.05, 3.63) is 52.0 Å². The summed E-state index contributed by atoms with van der Waals surface area (Å²) in [4.78, 5) is 23.6. The van der Waals surface area contributed by atoms with Crippen molar-refractivity contribution >= 4 is 40.8 Å². The van der Waals surface area contributed by atoms with Gasteiger partial charge in [-0.3, -0.25) is 4.79 Å². The molecule has 0 spiro atoms. The number of nitrogens with one attached hydrogen (secondary N) is 1. The number of amides is 1. The van der Waals surface area contributed by atoms with Gasteiger partial charge in [0.2, 0.25) is 0 Å². The van der Waals surface area contributed by atoms with E-state index in [0.717, 1.165) is 0 Å². The van der Waals surface area contributed by atoms with Gasteiger partial charge in [-0.15, -0.1) is 0 Å². The van der Waals surface area contributed by atoms with Crippen LogP contribution in [-0.2, 0) is 9.53 Å². The van der Waals surface area contributed by atoms with Crippen molar-refractivity contribution in [3.8, 4) is 11.5 Å². The van der Waals surface area contributed by atoms with Gasteiger partial charge in [0.25, 0.3) is 5.91 Å². The van der Waals surface area contributed by atoms with Crippen molar-refractivity contribution in [2.75, 3.05) is 26.1 Å². The average Bonchev–Trinajstić information content (AvgIpc) is 2.62. The van der Waals surface area contributed by atoms with Gasteiger partial charge in [0.1, 0.15) is 0 Å². The predicted molar refractivity (Wildman–Crippen MR) is 94.9 cm³/mol. The second-order valence-corrected chi connectivity index (χ2v) is 5.63. The number of methoxy groups -OCH3 is 2. The summed E-state index contributed by atoms with van der Waals surface area (Å²) in [6.45, 7) is -0.301. The molecule has 25 heavy (non-hydrogen) atoms. The highest BCUT2D eigenvalue weighted by atomic mass is 35.5. The average molecular weight is 384 g/mol. The third-order valence-corrected chi connectivity index (χ3v) is 3.92. The zero-order valence-electron chi connectivity index (χ0n) is 13.5. The molecular formula is C17H15Cl2NO5. The Morgan fingerprint density at radius 2 is 1.76 bits per heavy atom. The van der Waals surface area contributed by atoms with Crippen LogP contribution >= 0.6 is 23.2 Å². The Labute approximate surface area is 154 Å². The summed E-state index contributed by atoms with van der Waals surface area (Å²) in [5.74, 6) is -0.304. The fourth-order valence-corrected chi connectivity index (χ4v) is 2.20. The molecule has 2 aromatic rings. The number of hydrogen-bond acceptors (Lipinski definition) is 5. The molecule has 0 unspecified atom stereocenters. The van der Waals surface area contributed by atoms with Crippen LogP contribution in [0.5, 0.6) is 11.5 Å². The fraction of sp³-hybridized carbons (Fsp3) is 0.176. The zero-order chi connectivity index (χ0) is 18.4. The number of carbonyl (C=O) groups is 2. The topological polar surface area (TPSA) is 73.9 Å². The molecule has 0 fully saturated rings. The van der Waals surface area contributed by atoms with Crippen LogP contribution in [0.3, 0.4) is 0 Å². The van der Waals surface area contributed by atoms with Gasteiger partial charge in [-0.25, -0.2) is 4.79 Å². The maximum atomic E-state index is 12.4. The number of hydrogen-bond donors (Lipinski definition) is 1. The summed E-state index contributed by atoms with van der Waals surface area (Å²) in [7, 11) is 2.71. The highest BCUT2D eigenvalue weighted by Crippen LogP contribution is 2.29. The molecule has 0 aliphatic carbocycles. The minimum absolute atomic E-state index is 0.245. The molecule has 0 saturated heterocycles. The maximum Gasteiger partial charge on any atom is 0.343 e. The molecule has 132 valence electrons. The number of ether oxygens (including phenoxy) is 3. The van der Waals surface area contributed by atoms with Gasteiger partial charge in [-0.2, -0.15) is 0 Å². The summed E-state index contributed by atoms with van der Waals surface area (Å²) >= 11 is 11.8. The molecule has 0 bridgehead atoms. The molecule has 2 rings (SSSR count). The Kier molecular flexibility index (Phi) is 6.50. The van der Waals surface area contributed by atoms with E-state index in [2.05, 4.69) is 10.1 Å². The Bertz CT molecular complexity index is 795. The molecule has 0 atom stereocenters. The summed E-state index contributed by atoms with van der Waals surface area (Å²) < 4.78 is 15.0. The van der Waals surface area contributed by atoms with E-state index < -0.39 is 5.97 Å². The van der Waals surface area contributed by atoms with E-state index in [1.54, 1.807) is 30.3 Å². The van der Waals surface area contributed by atoms with E-state index >= 15 is 0 Å². The smallest absolute Gasteiger partial charge is 0.343 e. The molecular weight excluding hydrogens is 369 g/mol. The van der Waals surface area contributed by atoms with E-state index in [0.29, 0.717) is 27.0 Å². The largest absolute Gasteiger partial charge is 0.493 e. The van der Waals surface area contributed by atoms with Gasteiger partial charge in [0, 0.05) is 11.3 Å². The lowest BCUT2D eigenvalue weighted by Crippen LogP contribution is -2.15. The molecule has 0 aliphatic heterocycles. The number of halogens is 2. The van der Waals surface area contributed by atoms with Crippen LogP contribution in [0.25, 0.3) is 0 Å². The number of rotatable bonds is 6. The number of carbonyl (C=O) groups excluding carboxylic acids is 2. The van der Waals surface area contributed by atoms with Crippen LogP contribution in [0, 0.1) is 0 Å². The number of benzene rings is 2. The van der Waals surface area contributed by atoms with Crippen LogP contribution < -0.4 is 14.8 Å². The Morgan fingerprint density at radius 3 is 2.40 bits per heavy atom. The Balaban J connectivity index is 2.18. The summed E-state index contributed by atoms with van der Waals surface area (Å²) in [6, 6.07) is 9.35. The van der Waals surface area contributed by atoms with Gasteiger partial charge >= 0.3 is 5.97 Å². The van der Waals surface area contributed by atoms with Crippen LogP contribution in [-0.4, -0.2) is 32.7 Å². The molecule has 1 amide bonds. The monoisotopic (exact) mass is 383 g/mol. The minimum Gasteiger partial charge on any atom is -0.493 e. The SMILES string of the molecule is COC(=O)COc1cc(C(=O)Nc2ccc(Cl)c(Cl)c2)ccc1OC. The van der Waals surface area contributed by atoms with E-state index in [-0.39, 0.29) is 18.3 Å². The third-order valence-electron chi connectivity index (χ3n) is 3.18. The summed E-state index contributed by atoms with van der Waals surface area (Å²) in [5, 5.41) is 3.42. The van der Waals surface area contributed by atoms with E-state index in [9.17, 15) is 9.59 Å². The lowest BCUT2D eigenvalue weighted by atomic mass is 10.2. The van der Waals surface area contributed by atoms with Gasteiger partial charge in [-0.1, -0.05) is 23.2 Å². The first-order valence-electron chi connectivity index (χ1n) is 7.08. The number of anilines is 1. The highest BCUT2D eigenvalue weighted by molar-refractivity contribution is 6.42. The second-order valence-electron chi connectivity index (χ2n) is 4.81. The normalized spacial score (nSPS) is 10.1. The van der Waals surface area contributed by atoms with Crippen LogP contribution in [0.1, 0.15) is 10.4 Å². The maximum absolute atomic E-state index is 12.4. The van der Waals surface area contributed by atoms with Gasteiger partial charge in [-0.05, 0) is 36.4 Å². The molecule has 0 heterocycles. The molecule has 1 N–H and O–H groups in total. The van der Waals surface area contributed by atoms with Crippen LogP contribution in [0.4, 0.5) is 5.69 Å². The molecule has 8 heteroatoms. The zero-order valence-corrected chi connectivity index (χ0v) is 15.0. The highest BCUT2D eigenvalue weighted by Gasteiger charge is 2.13. The lowest BCUT2D eigenvalue weighted by molar-refractivity contribution is -0.142. The first kappa shape index (κ1) is 18.9. The van der Waals surface area contributed by atoms with E-state index in [1.807, 2.05) is 0 Å². The molecule has 6 nitrogen and oxygen atoms in total. The summed E-state index contributed by atoms with van der Waals surface area (Å²) in [5.41, 5.74) is 0.805. The Hall–Kier alpha value is -2.44. The third kappa shape index (κ3) is 5.01. The van der Waals surface area contributed by atoms with Gasteiger partial charge < -0.3 is 19.5 Å². The van der Waals surface area contributed by atoms with Crippen molar-refractivity contribution in [1.29, 1.82) is 0 Å². The molecule has 0 radical (unpaired) electrons. The molecule has 2 aromatic carbocycles. The standard InChI is InChI=1S/C17H15Cl2NO5/c1-23-14-6-3-10(7-15(14)25-9-16(21)24-2)17(22)20-11-4-5-12(18)13(19)8-11/h3-8H,9H2,1-2H3,(H,20,22). The second kappa shape index (κ2) is 8.60. The first-order valence-corrected chi connectivity index (χ1v) is 7.84. The predicted octanol–water partition coefficient (Wildman–Crippen LogP) is 3.81. The fourth-order valence-electron chi connectivity index (χ4n) is 1.90. The first-order chi connectivity index (χ1) is 11.9.